The van der Waals surface area contributed by atoms with Gasteiger partial charge in [-0.25, -0.2) is 10.2 Å². The van der Waals surface area contributed by atoms with Gasteiger partial charge < -0.3 is 18.9 Å². The van der Waals surface area contributed by atoms with E-state index in [4.69, 9.17) is 18.9 Å². The number of benzene rings is 2. The van der Waals surface area contributed by atoms with Crippen LogP contribution in [0.15, 0.2) is 56.6 Å². The lowest BCUT2D eigenvalue weighted by Crippen LogP contribution is -2.18. The zero-order valence-electron chi connectivity index (χ0n) is 19.2. The molecule has 0 radical (unpaired) electrons. The van der Waals surface area contributed by atoms with Gasteiger partial charge in [-0.05, 0) is 59.3 Å². The van der Waals surface area contributed by atoms with Crippen LogP contribution >= 0.6 is 31.9 Å². The molecule has 0 bridgehead atoms. The lowest BCUT2D eigenvalue weighted by molar-refractivity contribution is 0.0732. The molecule has 2 aromatic carbocycles. The Hall–Kier alpha value is -3.44. The van der Waals surface area contributed by atoms with Crippen molar-refractivity contribution in [2.24, 2.45) is 5.10 Å². The molecule has 1 amide bonds. The fourth-order valence-corrected chi connectivity index (χ4v) is 4.30. The predicted octanol–water partition coefficient (Wildman–Crippen LogP) is 4.92. The van der Waals surface area contributed by atoms with Gasteiger partial charge in [0.25, 0.3) is 5.91 Å². The molecule has 0 unspecified atom stereocenters. The van der Waals surface area contributed by atoms with Gasteiger partial charge in [0.05, 0.1) is 43.1 Å². The van der Waals surface area contributed by atoms with E-state index in [1.54, 1.807) is 24.3 Å². The number of aromatic nitrogens is 1. The highest BCUT2D eigenvalue weighted by Gasteiger charge is 2.20. The standard InChI is InChI=1S/C24H21Br2N3O6/c1-13-5-6-14(11-27-13)23(30)29-28-12-16-7-17(25)10-18(26)21(16)35-24(31)15-8-19(32-2)22(34-4)20(9-15)33-3/h5-12H,1-4H3,(H,29,30)/b28-12-. The highest BCUT2D eigenvalue weighted by atomic mass is 79.9. The smallest absolute Gasteiger partial charge is 0.343 e. The van der Waals surface area contributed by atoms with E-state index in [1.807, 2.05) is 6.92 Å². The Morgan fingerprint density at radius 1 is 0.943 bits per heavy atom. The van der Waals surface area contributed by atoms with Crippen molar-refractivity contribution >= 4 is 50.0 Å². The molecule has 0 saturated heterocycles. The number of pyridine rings is 1. The van der Waals surface area contributed by atoms with E-state index in [2.05, 4.69) is 47.4 Å². The topological polar surface area (TPSA) is 108 Å². The van der Waals surface area contributed by atoms with Crippen molar-refractivity contribution < 1.29 is 28.5 Å². The number of rotatable bonds is 8. The molecule has 1 heterocycles. The number of hydrazone groups is 1. The van der Waals surface area contributed by atoms with Gasteiger partial charge in [0.15, 0.2) is 17.2 Å². The molecule has 3 rings (SSSR count). The second-order valence-electron chi connectivity index (χ2n) is 7.00. The molecule has 182 valence electrons. The van der Waals surface area contributed by atoms with Crippen molar-refractivity contribution in [1.29, 1.82) is 0 Å². The Morgan fingerprint density at radius 2 is 1.63 bits per heavy atom. The summed E-state index contributed by atoms with van der Waals surface area (Å²) in [6.45, 7) is 1.83. The molecule has 0 spiro atoms. The van der Waals surface area contributed by atoms with Crippen molar-refractivity contribution in [3.8, 4) is 23.0 Å². The van der Waals surface area contributed by atoms with Crippen LogP contribution < -0.4 is 24.4 Å². The summed E-state index contributed by atoms with van der Waals surface area (Å²) in [4.78, 5) is 29.4. The van der Waals surface area contributed by atoms with Crippen LogP contribution in [0.5, 0.6) is 23.0 Å². The summed E-state index contributed by atoms with van der Waals surface area (Å²) in [6, 6.07) is 9.75. The maximum Gasteiger partial charge on any atom is 0.343 e. The zero-order chi connectivity index (χ0) is 25.5. The first-order valence-corrected chi connectivity index (χ1v) is 11.6. The number of nitrogens with one attached hydrogen (secondary N) is 1. The third-order valence-electron chi connectivity index (χ3n) is 4.68. The summed E-state index contributed by atoms with van der Waals surface area (Å²) >= 11 is 6.81. The molecule has 11 heteroatoms. The number of nitrogens with zero attached hydrogens (tertiary/aromatic N) is 2. The van der Waals surface area contributed by atoms with Gasteiger partial charge in [-0.2, -0.15) is 5.10 Å². The Labute approximate surface area is 218 Å². The number of methoxy groups -OCH3 is 3. The lowest BCUT2D eigenvalue weighted by atomic mass is 10.1. The first-order chi connectivity index (χ1) is 16.8. The SMILES string of the molecule is COc1cc(C(=O)Oc2c(Br)cc(Br)cc2/C=N\NC(=O)c2ccc(C)nc2)cc(OC)c1OC. The fraction of sp³-hybridized carbons (Fsp3) is 0.167. The molecular weight excluding hydrogens is 586 g/mol. The molecule has 0 aliphatic carbocycles. The summed E-state index contributed by atoms with van der Waals surface area (Å²) in [5, 5.41) is 4.00. The summed E-state index contributed by atoms with van der Waals surface area (Å²) in [5.41, 5.74) is 4.19. The van der Waals surface area contributed by atoms with E-state index in [0.29, 0.717) is 37.3 Å². The number of carbonyl (C=O) groups excluding carboxylic acids is 2. The number of ether oxygens (including phenoxy) is 4. The van der Waals surface area contributed by atoms with Gasteiger partial charge in [-0.1, -0.05) is 15.9 Å². The van der Waals surface area contributed by atoms with Crippen molar-refractivity contribution in [2.75, 3.05) is 21.3 Å². The van der Waals surface area contributed by atoms with Gasteiger partial charge >= 0.3 is 5.97 Å². The number of aryl methyl sites for hydroxylation is 1. The molecule has 0 aliphatic heterocycles. The minimum Gasteiger partial charge on any atom is -0.493 e. The Balaban J connectivity index is 1.86. The van der Waals surface area contributed by atoms with Crippen LogP contribution in [-0.4, -0.2) is 44.4 Å². The fourth-order valence-electron chi connectivity index (χ4n) is 2.96. The maximum absolute atomic E-state index is 13.0. The normalized spacial score (nSPS) is 10.7. The summed E-state index contributed by atoms with van der Waals surface area (Å²) in [7, 11) is 4.37. The molecule has 1 N–H and O–H groups in total. The van der Waals surface area contributed by atoms with Crippen LogP contribution in [0.1, 0.15) is 32.0 Å². The van der Waals surface area contributed by atoms with E-state index in [0.717, 1.165) is 5.69 Å². The molecule has 0 saturated carbocycles. The van der Waals surface area contributed by atoms with Crippen molar-refractivity contribution in [3.63, 3.8) is 0 Å². The molecule has 0 atom stereocenters. The van der Waals surface area contributed by atoms with Crippen molar-refractivity contribution in [3.05, 3.63) is 73.9 Å². The Morgan fingerprint density at radius 3 is 2.20 bits per heavy atom. The predicted molar refractivity (Wildman–Crippen MR) is 137 cm³/mol. The average Bonchev–Trinajstić information content (AvgIpc) is 2.85. The Bertz CT molecular complexity index is 1250. The number of esters is 1. The van der Waals surface area contributed by atoms with E-state index in [1.165, 1.54) is 45.9 Å². The van der Waals surface area contributed by atoms with Gasteiger partial charge in [-0.3, -0.25) is 9.78 Å². The molecule has 9 nitrogen and oxygen atoms in total. The second kappa shape index (κ2) is 11.8. The maximum atomic E-state index is 13.0. The summed E-state index contributed by atoms with van der Waals surface area (Å²) < 4.78 is 22.8. The van der Waals surface area contributed by atoms with E-state index in [-0.39, 0.29) is 11.3 Å². The molecule has 0 aliphatic rings. The van der Waals surface area contributed by atoms with Gasteiger partial charge in [0, 0.05) is 21.9 Å². The van der Waals surface area contributed by atoms with E-state index < -0.39 is 11.9 Å². The third kappa shape index (κ3) is 6.37. The molecule has 35 heavy (non-hydrogen) atoms. The van der Waals surface area contributed by atoms with E-state index >= 15 is 0 Å². The van der Waals surface area contributed by atoms with Crippen LogP contribution in [0.2, 0.25) is 0 Å². The average molecular weight is 607 g/mol. The van der Waals surface area contributed by atoms with Crippen LogP contribution in [0.3, 0.4) is 0 Å². The highest BCUT2D eigenvalue weighted by molar-refractivity contribution is 9.11. The summed E-state index contributed by atoms with van der Waals surface area (Å²) in [6.07, 6.45) is 2.83. The van der Waals surface area contributed by atoms with E-state index in [9.17, 15) is 9.59 Å². The number of hydrogen-bond acceptors (Lipinski definition) is 8. The first-order valence-electron chi connectivity index (χ1n) is 10.0. The minimum absolute atomic E-state index is 0.178. The van der Waals surface area contributed by atoms with Gasteiger partial charge in [-0.15, -0.1) is 0 Å². The van der Waals surface area contributed by atoms with Crippen LogP contribution in [0.4, 0.5) is 0 Å². The van der Waals surface area contributed by atoms with Crippen molar-refractivity contribution in [2.45, 2.75) is 6.92 Å². The monoisotopic (exact) mass is 605 g/mol. The second-order valence-corrected chi connectivity index (χ2v) is 8.77. The first kappa shape index (κ1) is 26.2. The summed E-state index contributed by atoms with van der Waals surface area (Å²) in [5.74, 6) is 0.0636. The molecule has 0 fully saturated rings. The number of halogens is 2. The Kier molecular flexibility index (Phi) is 8.83. The van der Waals surface area contributed by atoms with Crippen LogP contribution in [0, 0.1) is 6.92 Å². The molecule has 1 aromatic heterocycles. The number of carbonyl (C=O) groups is 2. The minimum atomic E-state index is -0.670. The zero-order valence-corrected chi connectivity index (χ0v) is 22.4. The van der Waals surface area contributed by atoms with Gasteiger partial charge in [0.1, 0.15) is 0 Å². The molecule has 3 aromatic rings. The van der Waals surface area contributed by atoms with Crippen LogP contribution in [-0.2, 0) is 0 Å². The quantitative estimate of drug-likeness (QED) is 0.168. The van der Waals surface area contributed by atoms with Crippen LogP contribution in [0.25, 0.3) is 0 Å². The van der Waals surface area contributed by atoms with Crippen molar-refractivity contribution in [1.82, 2.24) is 10.4 Å². The number of amides is 1. The lowest BCUT2D eigenvalue weighted by Gasteiger charge is -2.15. The third-order valence-corrected chi connectivity index (χ3v) is 5.72. The van der Waals surface area contributed by atoms with Gasteiger partial charge in [0.2, 0.25) is 5.75 Å². The highest BCUT2D eigenvalue weighted by Crippen LogP contribution is 2.39. The molecular formula is C24H21Br2N3O6. The largest absolute Gasteiger partial charge is 0.493 e. The number of hydrogen-bond donors (Lipinski definition) is 1.